The molecule has 1 fully saturated rings. The molecule has 1 aromatic rings. The normalized spacial score (nSPS) is 15.9. The second-order valence-electron chi connectivity index (χ2n) is 8.21. The topological polar surface area (TPSA) is 105 Å². The maximum Gasteiger partial charge on any atom is 0.353 e. The van der Waals surface area contributed by atoms with Gasteiger partial charge < -0.3 is 19.4 Å². The Morgan fingerprint density at radius 2 is 1.86 bits per heavy atom. The number of aromatic nitrogens is 2. The fourth-order valence-corrected chi connectivity index (χ4v) is 3.26. The molecule has 0 saturated carbocycles. The molecule has 0 radical (unpaired) electrons. The average Bonchev–Trinajstić information content (AvgIpc) is 2.59. The number of piperidine rings is 1. The van der Waals surface area contributed by atoms with Crippen molar-refractivity contribution in [3.05, 3.63) is 16.4 Å². The summed E-state index contributed by atoms with van der Waals surface area (Å²) in [5, 5.41) is 11.8. The Labute approximate surface area is 165 Å². The molecule has 10 nitrogen and oxygen atoms in total. The van der Waals surface area contributed by atoms with Crippen molar-refractivity contribution < 1.29 is 14.5 Å². The van der Waals surface area contributed by atoms with Crippen LogP contribution in [-0.4, -0.2) is 78.2 Å². The lowest BCUT2D eigenvalue weighted by atomic mass is 10.0. The molecule has 0 atom stereocenters. The van der Waals surface area contributed by atoms with Gasteiger partial charge in [0.25, 0.3) is 0 Å². The van der Waals surface area contributed by atoms with E-state index in [0.29, 0.717) is 0 Å². The molecule has 0 spiro atoms. The van der Waals surface area contributed by atoms with Gasteiger partial charge in [-0.1, -0.05) is 0 Å². The monoisotopic (exact) mass is 394 g/mol. The highest BCUT2D eigenvalue weighted by molar-refractivity contribution is 5.79. The summed E-state index contributed by atoms with van der Waals surface area (Å²) in [4.78, 5) is 37.3. The number of nitrogens with zero attached hydrogens (tertiary/aromatic N) is 6. The second kappa shape index (κ2) is 8.68. The zero-order valence-electron chi connectivity index (χ0n) is 17.5. The summed E-state index contributed by atoms with van der Waals surface area (Å²) in [5.74, 6) is -0.116. The van der Waals surface area contributed by atoms with Gasteiger partial charge in [-0.05, 0) is 53.8 Å². The van der Waals surface area contributed by atoms with Crippen LogP contribution in [0.5, 0.6) is 0 Å². The van der Waals surface area contributed by atoms with Gasteiger partial charge in [0.15, 0.2) is 0 Å². The summed E-state index contributed by atoms with van der Waals surface area (Å²) < 4.78 is 5.30. The van der Waals surface area contributed by atoms with Crippen LogP contribution < -0.4 is 9.80 Å². The van der Waals surface area contributed by atoms with Gasteiger partial charge in [-0.25, -0.2) is 9.97 Å². The van der Waals surface area contributed by atoms with Gasteiger partial charge in [0.05, 0.1) is 4.92 Å². The minimum absolute atomic E-state index is 0.0978. The van der Waals surface area contributed by atoms with Crippen LogP contribution in [0.4, 0.5) is 17.3 Å². The van der Waals surface area contributed by atoms with Crippen LogP contribution in [-0.2, 0) is 9.53 Å². The molecule has 1 aliphatic rings. The molecule has 0 aliphatic carbocycles. The van der Waals surface area contributed by atoms with E-state index in [4.69, 9.17) is 4.74 Å². The number of likely N-dealkylation sites (N-methyl/N-ethyl adjacent to an activating group) is 1. The Morgan fingerprint density at radius 1 is 1.29 bits per heavy atom. The first-order valence-corrected chi connectivity index (χ1v) is 9.33. The maximum atomic E-state index is 12.1. The lowest BCUT2D eigenvalue weighted by Gasteiger charge is -2.35. The van der Waals surface area contributed by atoms with Crippen LogP contribution in [0.2, 0.25) is 0 Å². The first-order chi connectivity index (χ1) is 13.0. The molecule has 0 bridgehead atoms. The van der Waals surface area contributed by atoms with Gasteiger partial charge in [-0.3, -0.25) is 14.9 Å². The molecule has 0 aromatic carbocycles. The van der Waals surface area contributed by atoms with E-state index in [1.807, 2.05) is 11.9 Å². The Kier molecular flexibility index (Phi) is 6.76. The summed E-state index contributed by atoms with van der Waals surface area (Å²) in [7, 11) is 5.47. The number of carbonyl (C=O) groups excluding carboxylic acids is 1. The van der Waals surface area contributed by atoms with E-state index in [9.17, 15) is 14.9 Å². The smallest absolute Gasteiger partial charge is 0.353 e. The van der Waals surface area contributed by atoms with Crippen molar-refractivity contribution in [2.45, 2.75) is 45.3 Å². The highest BCUT2D eigenvalue weighted by Gasteiger charge is 2.32. The third-order valence-electron chi connectivity index (χ3n) is 4.68. The van der Waals surface area contributed by atoms with Crippen LogP contribution in [0.1, 0.15) is 33.6 Å². The zero-order valence-corrected chi connectivity index (χ0v) is 17.5. The third kappa shape index (κ3) is 5.51. The van der Waals surface area contributed by atoms with Crippen molar-refractivity contribution in [3.63, 3.8) is 0 Å². The second-order valence-corrected chi connectivity index (χ2v) is 8.21. The molecular formula is C18H30N6O4. The number of ether oxygens (including phenoxy) is 1. The van der Waals surface area contributed by atoms with E-state index in [-0.39, 0.29) is 29.9 Å². The molecular weight excluding hydrogens is 364 g/mol. The van der Waals surface area contributed by atoms with Crippen LogP contribution in [0, 0.1) is 10.1 Å². The van der Waals surface area contributed by atoms with Crippen molar-refractivity contribution in [1.29, 1.82) is 0 Å². The van der Waals surface area contributed by atoms with Crippen LogP contribution in [0.3, 0.4) is 0 Å². The molecule has 1 aliphatic heterocycles. The summed E-state index contributed by atoms with van der Waals surface area (Å²) in [6, 6.07) is 0.161. The lowest BCUT2D eigenvalue weighted by molar-refractivity contribution is -0.383. The fourth-order valence-electron chi connectivity index (χ4n) is 3.26. The molecule has 10 heteroatoms. The molecule has 2 rings (SSSR count). The van der Waals surface area contributed by atoms with Crippen molar-refractivity contribution >= 4 is 23.3 Å². The van der Waals surface area contributed by atoms with E-state index in [1.54, 1.807) is 27.8 Å². The summed E-state index contributed by atoms with van der Waals surface area (Å²) in [6.07, 6.45) is 3.10. The van der Waals surface area contributed by atoms with Crippen molar-refractivity contribution in [2.24, 2.45) is 0 Å². The van der Waals surface area contributed by atoms with E-state index >= 15 is 0 Å². The Balaban J connectivity index is 2.27. The first-order valence-electron chi connectivity index (χ1n) is 9.33. The average molecular weight is 394 g/mol. The minimum atomic E-state index is -0.630. The van der Waals surface area contributed by atoms with Gasteiger partial charge >= 0.3 is 11.7 Å². The van der Waals surface area contributed by atoms with E-state index in [1.165, 1.54) is 11.2 Å². The van der Waals surface area contributed by atoms with Gasteiger partial charge in [-0.2, -0.15) is 0 Å². The quantitative estimate of drug-likeness (QED) is 0.405. The molecule has 2 heterocycles. The highest BCUT2D eigenvalue weighted by atomic mass is 16.6. The molecule has 0 N–H and O–H groups in total. The largest absolute Gasteiger partial charge is 0.459 e. The predicted molar refractivity (Wildman–Crippen MR) is 107 cm³/mol. The molecule has 1 saturated heterocycles. The standard InChI is InChI=1S/C18H30N6O4/c1-18(2,3)28-14(25)11-22(5)16-15(24(26)27)17(20-12-19-16)23(6)13-7-9-21(4)10-8-13/h12-13H,7-11H2,1-6H3. The number of esters is 1. The summed E-state index contributed by atoms with van der Waals surface area (Å²) in [6.45, 7) is 7.02. The molecule has 1 aromatic heterocycles. The van der Waals surface area contributed by atoms with Crippen molar-refractivity contribution in [1.82, 2.24) is 14.9 Å². The lowest BCUT2D eigenvalue weighted by Crippen LogP contribution is -2.42. The van der Waals surface area contributed by atoms with Gasteiger partial charge in [-0.15, -0.1) is 0 Å². The number of carbonyl (C=O) groups is 1. The number of hydrogen-bond acceptors (Lipinski definition) is 9. The molecule has 156 valence electrons. The first kappa shape index (κ1) is 21.8. The maximum absolute atomic E-state index is 12.1. The van der Waals surface area contributed by atoms with Gasteiger partial charge in [0.1, 0.15) is 18.5 Å². The minimum Gasteiger partial charge on any atom is -0.459 e. The predicted octanol–water partition coefficient (Wildman–Crippen LogP) is 1.69. The summed E-state index contributed by atoms with van der Waals surface area (Å²) in [5.41, 5.74) is -0.829. The number of nitro groups is 1. The van der Waals surface area contributed by atoms with Gasteiger partial charge in [0.2, 0.25) is 11.6 Å². The fraction of sp³-hybridized carbons (Fsp3) is 0.722. The number of anilines is 2. The van der Waals surface area contributed by atoms with Crippen molar-refractivity contribution in [2.75, 3.05) is 50.6 Å². The third-order valence-corrected chi connectivity index (χ3v) is 4.68. The van der Waals surface area contributed by atoms with Gasteiger partial charge in [0, 0.05) is 20.1 Å². The van der Waals surface area contributed by atoms with E-state index < -0.39 is 16.5 Å². The molecule has 0 amide bonds. The number of rotatable bonds is 6. The molecule has 28 heavy (non-hydrogen) atoms. The zero-order chi connectivity index (χ0) is 21.1. The van der Waals surface area contributed by atoms with Crippen LogP contribution in [0.15, 0.2) is 6.33 Å². The van der Waals surface area contributed by atoms with E-state index in [2.05, 4.69) is 21.9 Å². The SMILES string of the molecule is CN1CCC(N(C)c2ncnc(N(C)CC(=O)OC(C)(C)C)c2[N+](=O)[O-])CC1. The Bertz CT molecular complexity index is 713. The van der Waals surface area contributed by atoms with Crippen molar-refractivity contribution in [3.8, 4) is 0 Å². The highest BCUT2D eigenvalue weighted by Crippen LogP contribution is 2.35. The number of likely N-dealkylation sites (tertiary alicyclic amines) is 1. The number of hydrogen-bond donors (Lipinski definition) is 0. The van der Waals surface area contributed by atoms with E-state index in [0.717, 1.165) is 25.9 Å². The molecule has 0 unspecified atom stereocenters. The Hall–Kier alpha value is -2.49. The summed E-state index contributed by atoms with van der Waals surface area (Å²) >= 11 is 0. The van der Waals surface area contributed by atoms with Crippen LogP contribution in [0.25, 0.3) is 0 Å². The Morgan fingerprint density at radius 3 is 2.39 bits per heavy atom. The van der Waals surface area contributed by atoms with Crippen LogP contribution >= 0.6 is 0 Å².